The molecule has 7 nitrogen and oxygen atoms in total. The molecule has 1 aromatic carbocycles. The lowest BCUT2D eigenvalue weighted by molar-refractivity contribution is -0.384. The van der Waals surface area contributed by atoms with Crippen LogP contribution in [0, 0.1) is 17.0 Å². The van der Waals surface area contributed by atoms with Gasteiger partial charge in [-0.3, -0.25) is 10.1 Å². The SMILES string of the molecule is Cc1nc(CNc2cc3c(cc2[N+](=O)[O-])OCO3)cs1. The molecule has 3 rings (SSSR count). The fraction of sp³-hybridized carbons (Fsp3) is 0.250. The Morgan fingerprint density at radius 2 is 2.20 bits per heavy atom. The van der Waals surface area contributed by atoms with Gasteiger partial charge in [-0.2, -0.15) is 0 Å². The predicted octanol–water partition coefficient (Wildman–Crippen LogP) is 2.70. The van der Waals surface area contributed by atoms with Crippen molar-refractivity contribution in [3.05, 3.63) is 38.3 Å². The van der Waals surface area contributed by atoms with E-state index in [1.165, 1.54) is 6.07 Å². The minimum atomic E-state index is -0.448. The first-order valence-electron chi connectivity index (χ1n) is 5.86. The maximum Gasteiger partial charge on any atom is 0.296 e. The van der Waals surface area contributed by atoms with Gasteiger partial charge in [0.1, 0.15) is 5.69 Å². The Bertz CT molecular complexity index is 671. The molecule has 1 N–H and O–H groups in total. The van der Waals surface area contributed by atoms with E-state index in [2.05, 4.69) is 10.3 Å². The lowest BCUT2D eigenvalue weighted by atomic mass is 10.2. The summed E-state index contributed by atoms with van der Waals surface area (Å²) in [5, 5.41) is 17.0. The van der Waals surface area contributed by atoms with Gasteiger partial charge in [-0.25, -0.2) is 4.98 Å². The third-order valence-corrected chi connectivity index (χ3v) is 3.64. The van der Waals surface area contributed by atoms with E-state index in [0.717, 1.165) is 10.7 Å². The fourth-order valence-electron chi connectivity index (χ4n) is 1.90. The van der Waals surface area contributed by atoms with Gasteiger partial charge in [0.15, 0.2) is 11.5 Å². The van der Waals surface area contributed by atoms with Gasteiger partial charge in [0.2, 0.25) is 6.79 Å². The number of ether oxygens (including phenoxy) is 2. The summed E-state index contributed by atoms with van der Waals surface area (Å²) < 4.78 is 10.4. The molecule has 0 atom stereocenters. The van der Waals surface area contributed by atoms with Crippen molar-refractivity contribution in [2.75, 3.05) is 12.1 Å². The van der Waals surface area contributed by atoms with E-state index in [0.29, 0.717) is 23.7 Å². The van der Waals surface area contributed by atoms with Crippen LogP contribution in [0.15, 0.2) is 17.5 Å². The van der Waals surface area contributed by atoms with Crippen LogP contribution >= 0.6 is 11.3 Å². The van der Waals surface area contributed by atoms with Gasteiger partial charge < -0.3 is 14.8 Å². The average molecular weight is 293 g/mol. The molecule has 104 valence electrons. The number of hydrogen-bond acceptors (Lipinski definition) is 7. The Morgan fingerprint density at radius 3 is 2.85 bits per heavy atom. The monoisotopic (exact) mass is 293 g/mol. The molecule has 0 saturated heterocycles. The third kappa shape index (κ3) is 2.37. The Balaban J connectivity index is 1.86. The van der Waals surface area contributed by atoms with Crippen LogP contribution in [0.25, 0.3) is 0 Å². The molecule has 2 heterocycles. The van der Waals surface area contributed by atoms with Gasteiger partial charge in [-0.15, -0.1) is 11.3 Å². The zero-order chi connectivity index (χ0) is 14.1. The van der Waals surface area contributed by atoms with E-state index >= 15 is 0 Å². The molecule has 8 heteroatoms. The molecular weight excluding hydrogens is 282 g/mol. The average Bonchev–Trinajstić information content (AvgIpc) is 3.03. The molecule has 0 saturated carbocycles. The topological polar surface area (TPSA) is 86.5 Å². The summed E-state index contributed by atoms with van der Waals surface area (Å²) in [4.78, 5) is 14.9. The van der Waals surface area contributed by atoms with Crippen molar-refractivity contribution >= 4 is 22.7 Å². The molecule has 20 heavy (non-hydrogen) atoms. The van der Waals surface area contributed by atoms with E-state index < -0.39 is 4.92 Å². The van der Waals surface area contributed by atoms with Gasteiger partial charge in [0.25, 0.3) is 5.69 Å². The van der Waals surface area contributed by atoms with Gasteiger partial charge in [-0.1, -0.05) is 0 Å². The van der Waals surface area contributed by atoms with Crippen LogP contribution in [0.3, 0.4) is 0 Å². The summed E-state index contributed by atoms with van der Waals surface area (Å²) in [5.41, 5.74) is 1.20. The third-order valence-electron chi connectivity index (χ3n) is 2.81. The lowest BCUT2D eigenvalue weighted by Crippen LogP contribution is -2.03. The zero-order valence-electron chi connectivity index (χ0n) is 10.6. The summed E-state index contributed by atoms with van der Waals surface area (Å²) in [7, 11) is 0. The van der Waals surface area contributed by atoms with Gasteiger partial charge in [0.05, 0.1) is 28.2 Å². The maximum atomic E-state index is 11.1. The number of aryl methyl sites for hydroxylation is 1. The number of anilines is 1. The second-order valence-electron chi connectivity index (χ2n) is 4.19. The highest BCUT2D eigenvalue weighted by Crippen LogP contribution is 2.40. The second-order valence-corrected chi connectivity index (χ2v) is 5.25. The van der Waals surface area contributed by atoms with Crippen LogP contribution in [-0.2, 0) is 6.54 Å². The molecule has 0 fully saturated rings. The van der Waals surface area contributed by atoms with Gasteiger partial charge in [0, 0.05) is 11.4 Å². The molecule has 1 aliphatic rings. The highest BCUT2D eigenvalue weighted by Gasteiger charge is 2.23. The van der Waals surface area contributed by atoms with Crippen molar-refractivity contribution in [2.24, 2.45) is 0 Å². The molecule has 0 unspecified atom stereocenters. The first kappa shape index (κ1) is 12.7. The highest BCUT2D eigenvalue weighted by molar-refractivity contribution is 7.09. The Labute approximate surface area is 118 Å². The number of thiazole rings is 1. The molecule has 2 aromatic rings. The maximum absolute atomic E-state index is 11.1. The van der Waals surface area contributed by atoms with Crippen molar-refractivity contribution in [1.82, 2.24) is 4.98 Å². The molecule has 0 spiro atoms. The number of nitro benzene ring substituents is 1. The Hall–Kier alpha value is -2.35. The van der Waals surface area contributed by atoms with Crippen LogP contribution < -0.4 is 14.8 Å². The number of aromatic nitrogens is 1. The minimum Gasteiger partial charge on any atom is -0.454 e. The summed E-state index contributed by atoms with van der Waals surface area (Å²) in [6.45, 7) is 2.42. The number of fused-ring (bicyclic) bond motifs is 1. The van der Waals surface area contributed by atoms with Gasteiger partial charge in [-0.05, 0) is 6.92 Å². The lowest BCUT2D eigenvalue weighted by Gasteiger charge is -2.06. The highest BCUT2D eigenvalue weighted by atomic mass is 32.1. The number of hydrogen-bond donors (Lipinski definition) is 1. The Morgan fingerprint density at radius 1 is 1.45 bits per heavy atom. The van der Waals surface area contributed by atoms with Crippen molar-refractivity contribution < 1.29 is 14.4 Å². The molecule has 0 bridgehead atoms. The number of nitro groups is 1. The standard InChI is InChI=1S/C12H11N3O4S/c1-7-14-8(5-20-7)4-13-9-2-11-12(19-6-18-11)3-10(9)15(16)17/h2-3,5,13H,4,6H2,1H3. The van der Waals surface area contributed by atoms with Crippen molar-refractivity contribution in [3.8, 4) is 11.5 Å². The van der Waals surface area contributed by atoms with Crippen LogP contribution in [0.4, 0.5) is 11.4 Å². The van der Waals surface area contributed by atoms with E-state index in [1.807, 2.05) is 12.3 Å². The number of nitrogens with zero attached hydrogens (tertiary/aromatic N) is 2. The van der Waals surface area contributed by atoms with Crippen LogP contribution in [0.2, 0.25) is 0 Å². The summed E-state index contributed by atoms with van der Waals surface area (Å²) in [6.07, 6.45) is 0. The smallest absolute Gasteiger partial charge is 0.296 e. The van der Waals surface area contributed by atoms with E-state index in [4.69, 9.17) is 9.47 Å². The second kappa shape index (κ2) is 4.97. The van der Waals surface area contributed by atoms with E-state index in [1.54, 1.807) is 17.4 Å². The fourth-order valence-corrected chi connectivity index (χ4v) is 2.51. The molecule has 1 aliphatic heterocycles. The van der Waals surface area contributed by atoms with Gasteiger partial charge >= 0.3 is 0 Å². The summed E-state index contributed by atoms with van der Waals surface area (Å²) in [5.74, 6) is 0.902. The van der Waals surface area contributed by atoms with Crippen molar-refractivity contribution in [3.63, 3.8) is 0 Å². The molecule has 0 amide bonds. The van der Waals surface area contributed by atoms with Crippen LogP contribution in [0.1, 0.15) is 10.7 Å². The normalized spacial score (nSPS) is 12.4. The van der Waals surface area contributed by atoms with Crippen molar-refractivity contribution in [1.29, 1.82) is 0 Å². The first-order chi connectivity index (χ1) is 9.63. The predicted molar refractivity (Wildman–Crippen MR) is 73.4 cm³/mol. The molecule has 0 radical (unpaired) electrons. The van der Waals surface area contributed by atoms with E-state index in [-0.39, 0.29) is 12.5 Å². The first-order valence-corrected chi connectivity index (χ1v) is 6.74. The molecule has 1 aromatic heterocycles. The summed E-state index contributed by atoms with van der Waals surface area (Å²) >= 11 is 1.54. The number of nitrogens with one attached hydrogen (secondary N) is 1. The minimum absolute atomic E-state index is 0.0406. The zero-order valence-corrected chi connectivity index (χ0v) is 11.4. The van der Waals surface area contributed by atoms with E-state index in [9.17, 15) is 10.1 Å². The van der Waals surface area contributed by atoms with Crippen LogP contribution in [-0.4, -0.2) is 16.7 Å². The Kier molecular flexibility index (Phi) is 3.15. The van der Waals surface area contributed by atoms with Crippen molar-refractivity contribution in [2.45, 2.75) is 13.5 Å². The number of rotatable bonds is 4. The molecular formula is C12H11N3O4S. The van der Waals surface area contributed by atoms with Crippen LogP contribution in [0.5, 0.6) is 11.5 Å². The quantitative estimate of drug-likeness (QED) is 0.689. The molecule has 0 aliphatic carbocycles. The number of benzene rings is 1. The largest absolute Gasteiger partial charge is 0.454 e. The summed E-state index contributed by atoms with van der Waals surface area (Å²) in [6, 6.07) is 2.96.